The fourth-order valence-corrected chi connectivity index (χ4v) is 5.10. The quantitative estimate of drug-likeness (QED) is 0.801. The van der Waals surface area contributed by atoms with E-state index < -0.39 is 10.0 Å². The molecule has 1 aliphatic heterocycles. The molecule has 2 unspecified atom stereocenters. The summed E-state index contributed by atoms with van der Waals surface area (Å²) >= 11 is 0. The number of benzene rings is 1. The summed E-state index contributed by atoms with van der Waals surface area (Å²) in [6, 6.07) is 7.13. The molecule has 152 valence electrons. The lowest BCUT2D eigenvalue weighted by molar-refractivity contribution is 0.0946. The van der Waals surface area contributed by atoms with E-state index in [-0.39, 0.29) is 17.9 Å². The van der Waals surface area contributed by atoms with Crippen molar-refractivity contribution < 1.29 is 13.2 Å². The zero-order valence-electron chi connectivity index (χ0n) is 17.1. The number of carbonyl (C=O) groups excluding carboxylic acids is 1. The van der Waals surface area contributed by atoms with E-state index in [9.17, 15) is 13.2 Å². The second kappa shape index (κ2) is 7.58. The standard InChI is InChI=1S/C20H28N4O3S/c1-13(12-23-15(3)8-14(2)22-23)11-21-20(25)17-6-7-19-18(10-17)9-16(4)24(19)28(5,26)27/h6-8,10,13,16H,9,11-12H2,1-5H3,(H,21,25). The third kappa shape index (κ3) is 4.22. The average molecular weight is 405 g/mol. The number of carbonyl (C=O) groups is 1. The van der Waals surface area contributed by atoms with Crippen molar-refractivity contribution in [2.75, 3.05) is 17.1 Å². The van der Waals surface area contributed by atoms with Gasteiger partial charge in [-0.1, -0.05) is 6.92 Å². The number of rotatable bonds is 6. The minimum absolute atomic E-state index is 0.135. The summed E-state index contributed by atoms with van der Waals surface area (Å²) in [6.07, 6.45) is 1.82. The van der Waals surface area contributed by atoms with E-state index in [4.69, 9.17) is 0 Å². The molecule has 0 saturated heterocycles. The number of hydrogen-bond acceptors (Lipinski definition) is 4. The largest absolute Gasteiger partial charge is 0.352 e. The Bertz CT molecular complexity index is 997. The molecule has 28 heavy (non-hydrogen) atoms. The highest BCUT2D eigenvalue weighted by atomic mass is 32.2. The fourth-order valence-electron chi connectivity index (χ4n) is 3.84. The molecule has 1 aliphatic rings. The highest BCUT2D eigenvalue weighted by Crippen LogP contribution is 2.34. The van der Waals surface area contributed by atoms with Gasteiger partial charge in [-0.05, 0) is 62.9 Å². The molecular formula is C20H28N4O3S. The number of amides is 1. The molecule has 3 rings (SSSR count). The second-order valence-electron chi connectivity index (χ2n) is 7.88. The topological polar surface area (TPSA) is 84.3 Å². The summed E-state index contributed by atoms with van der Waals surface area (Å²) in [4.78, 5) is 12.6. The number of hydrogen-bond donors (Lipinski definition) is 1. The third-order valence-electron chi connectivity index (χ3n) is 5.05. The van der Waals surface area contributed by atoms with E-state index in [0.717, 1.165) is 23.5 Å². The fraction of sp³-hybridized carbons (Fsp3) is 0.500. The van der Waals surface area contributed by atoms with Crippen molar-refractivity contribution in [2.24, 2.45) is 5.92 Å². The first-order chi connectivity index (χ1) is 13.1. The summed E-state index contributed by atoms with van der Waals surface area (Å²) in [5.41, 5.74) is 4.22. The Kier molecular flexibility index (Phi) is 5.52. The van der Waals surface area contributed by atoms with E-state index >= 15 is 0 Å². The highest BCUT2D eigenvalue weighted by Gasteiger charge is 2.32. The predicted octanol–water partition coefficient (Wildman–Crippen LogP) is 2.28. The van der Waals surface area contributed by atoms with Crippen LogP contribution in [0.5, 0.6) is 0 Å². The van der Waals surface area contributed by atoms with Crippen molar-refractivity contribution in [3.05, 3.63) is 46.8 Å². The van der Waals surface area contributed by atoms with Crippen LogP contribution in [0.3, 0.4) is 0 Å². The van der Waals surface area contributed by atoms with Crippen molar-refractivity contribution in [2.45, 2.75) is 46.7 Å². The van der Waals surface area contributed by atoms with Gasteiger partial charge in [0.15, 0.2) is 0 Å². The van der Waals surface area contributed by atoms with Crippen LogP contribution in [0, 0.1) is 19.8 Å². The molecule has 2 heterocycles. The number of sulfonamides is 1. The van der Waals surface area contributed by atoms with E-state index in [1.165, 1.54) is 10.6 Å². The van der Waals surface area contributed by atoms with E-state index in [1.54, 1.807) is 18.2 Å². The van der Waals surface area contributed by atoms with Gasteiger partial charge in [-0.2, -0.15) is 5.10 Å². The third-order valence-corrected chi connectivity index (χ3v) is 6.32. The van der Waals surface area contributed by atoms with Gasteiger partial charge in [0.2, 0.25) is 10.0 Å². The van der Waals surface area contributed by atoms with Crippen LogP contribution in [-0.4, -0.2) is 42.9 Å². The SMILES string of the molecule is Cc1cc(C)n(CC(C)CNC(=O)c2ccc3c(c2)CC(C)N3S(C)(=O)=O)n1. The summed E-state index contributed by atoms with van der Waals surface area (Å²) in [5.74, 6) is 0.0885. The van der Waals surface area contributed by atoms with Crippen LogP contribution >= 0.6 is 0 Å². The lowest BCUT2D eigenvalue weighted by Crippen LogP contribution is -2.34. The Morgan fingerprint density at radius 2 is 2.04 bits per heavy atom. The molecule has 7 nitrogen and oxygen atoms in total. The van der Waals surface area contributed by atoms with Gasteiger partial charge < -0.3 is 5.32 Å². The maximum absolute atomic E-state index is 12.6. The molecule has 2 atom stereocenters. The van der Waals surface area contributed by atoms with Crippen LogP contribution < -0.4 is 9.62 Å². The van der Waals surface area contributed by atoms with Crippen LogP contribution in [0.4, 0.5) is 5.69 Å². The summed E-state index contributed by atoms with van der Waals surface area (Å²) < 4.78 is 27.4. The molecule has 2 aromatic rings. The lowest BCUT2D eigenvalue weighted by atomic mass is 10.1. The van der Waals surface area contributed by atoms with Gasteiger partial charge >= 0.3 is 0 Å². The van der Waals surface area contributed by atoms with Gasteiger partial charge in [-0.15, -0.1) is 0 Å². The van der Waals surface area contributed by atoms with Gasteiger partial charge in [-0.25, -0.2) is 8.42 Å². The Balaban J connectivity index is 1.64. The van der Waals surface area contributed by atoms with Crippen molar-refractivity contribution in [3.63, 3.8) is 0 Å². The molecule has 0 saturated carbocycles. The van der Waals surface area contributed by atoms with Crippen molar-refractivity contribution in [3.8, 4) is 0 Å². The smallest absolute Gasteiger partial charge is 0.251 e. The van der Waals surface area contributed by atoms with Crippen LogP contribution in [0.15, 0.2) is 24.3 Å². The summed E-state index contributed by atoms with van der Waals surface area (Å²) in [7, 11) is -3.33. The number of anilines is 1. The molecule has 8 heteroatoms. The molecule has 0 bridgehead atoms. The number of fused-ring (bicyclic) bond motifs is 1. The molecule has 0 fully saturated rings. The molecule has 0 aliphatic carbocycles. The monoisotopic (exact) mass is 404 g/mol. The minimum Gasteiger partial charge on any atom is -0.352 e. The van der Waals surface area contributed by atoms with Gasteiger partial charge in [0.1, 0.15) is 0 Å². The van der Waals surface area contributed by atoms with Gasteiger partial charge in [0, 0.05) is 30.4 Å². The highest BCUT2D eigenvalue weighted by molar-refractivity contribution is 7.92. The Labute approximate surface area is 166 Å². The minimum atomic E-state index is -3.33. The van der Waals surface area contributed by atoms with Crippen molar-refractivity contribution >= 4 is 21.6 Å². The number of aromatic nitrogens is 2. The first-order valence-corrected chi connectivity index (χ1v) is 11.3. The molecule has 1 N–H and O–H groups in total. The molecule has 1 aromatic heterocycles. The lowest BCUT2D eigenvalue weighted by Gasteiger charge is -2.22. The first kappa shape index (κ1) is 20.4. The maximum Gasteiger partial charge on any atom is 0.251 e. The van der Waals surface area contributed by atoms with Crippen LogP contribution in [0.25, 0.3) is 0 Å². The average Bonchev–Trinajstić information content (AvgIpc) is 3.09. The van der Waals surface area contributed by atoms with Crippen molar-refractivity contribution in [1.29, 1.82) is 0 Å². The summed E-state index contributed by atoms with van der Waals surface area (Å²) in [5, 5.41) is 7.44. The Hall–Kier alpha value is -2.35. The normalized spacial score (nSPS) is 17.5. The zero-order chi connectivity index (χ0) is 20.6. The molecular weight excluding hydrogens is 376 g/mol. The van der Waals surface area contributed by atoms with E-state index in [1.807, 2.05) is 31.5 Å². The number of aryl methyl sites for hydroxylation is 2. The van der Waals surface area contributed by atoms with Gasteiger partial charge in [0.25, 0.3) is 5.91 Å². The zero-order valence-corrected chi connectivity index (χ0v) is 17.9. The van der Waals surface area contributed by atoms with E-state index in [2.05, 4.69) is 17.3 Å². The Morgan fingerprint density at radius 3 is 2.64 bits per heavy atom. The van der Waals surface area contributed by atoms with E-state index in [0.29, 0.717) is 24.2 Å². The summed E-state index contributed by atoms with van der Waals surface area (Å²) in [6.45, 7) is 9.23. The first-order valence-electron chi connectivity index (χ1n) is 9.48. The van der Waals surface area contributed by atoms with Crippen LogP contribution in [0.2, 0.25) is 0 Å². The van der Waals surface area contributed by atoms with Crippen molar-refractivity contribution in [1.82, 2.24) is 15.1 Å². The molecule has 1 amide bonds. The van der Waals surface area contributed by atoms with Crippen LogP contribution in [-0.2, 0) is 23.0 Å². The number of nitrogens with one attached hydrogen (secondary N) is 1. The number of nitrogens with zero attached hydrogens (tertiary/aromatic N) is 3. The van der Waals surface area contributed by atoms with Crippen LogP contribution in [0.1, 0.15) is 41.2 Å². The predicted molar refractivity (Wildman–Crippen MR) is 110 cm³/mol. The second-order valence-corrected chi connectivity index (χ2v) is 9.74. The molecule has 0 radical (unpaired) electrons. The van der Waals surface area contributed by atoms with Gasteiger partial charge in [0.05, 0.1) is 17.6 Å². The Morgan fingerprint density at radius 1 is 1.32 bits per heavy atom. The molecule has 0 spiro atoms. The maximum atomic E-state index is 12.6. The van der Waals surface area contributed by atoms with Gasteiger partial charge in [-0.3, -0.25) is 13.8 Å². The molecule has 1 aromatic carbocycles.